The maximum absolute atomic E-state index is 12.3. The summed E-state index contributed by atoms with van der Waals surface area (Å²) in [6, 6.07) is 1.27. The van der Waals surface area contributed by atoms with Gasteiger partial charge in [-0.25, -0.2) is 4.98 Å². The van der Waals surface area contributed by atoms with Crippen LogP contribution in [0.1, 0.15) is 54.3 Å². The van der Waals surface area contributed by atoms with Crippen LogP contribution in [0.15, 0.2) is 10.9 Å². The lowest BCUT2D eigenvalue weighted by Gasteiger charge is -2.26. The van der Waals surface area contributed by atoms with E-state index in [1.165, 1.54) is 6.07 Å². The van der Waals surface area contributed by atoms with Crippen molar-refractivity contribution in [1.29, 1.82) is 0 Å². The van der Waals surface area contributed by atoms with Crippen LogP contribution in [0.4, 0.5) is 0 Å². The Hall–Kier alpha value is -1.69. The van der Waals surface area contributed by atoms with E-state index >= 15 is 0 Å². The molecule has 1 aromatic rings. The molecule has 1 amide bonds. The molecule has 3 aliphatic carbocycles. The van der Waals surface area contributed by atoms with Gasteiger partial charge in [0.25, 0.3) is 11.5 Å². The fourth-order valence-electron chi connectivity index (χ4n) is 3.86. The van der Waals surface area contributed by atoms with Gasteiger partial charge in [0.1, 0.15) is 11.5 Å². The number of hydrogen-bond donors (Lipinski definition) is 3. The molecule has 1 aromatic heterocycles. The highest BCUT2D eigenvalue weighted by Crippen LogP contribution is 2.44. The third-order valence-corrected chi connectivity index (χ3v) is 5.05. The van der Waals surface area contributed by atoms with Crippen LogP contribution in [0.3, 0.4) is 0 Å². The molecule has 3 fully saturated rings. The van der Waals surface area contributed by atoms with E-state index in [1.807, 2.05) is 0 Å². The van der Waals surface area contributed by atoms with Crippen LogP contribution in [-0.4, -0.2) is 33.1 Å². The van der Waals surface area contributed by atoms with Gasteiger partial charge in [0, 0.05) is 23.9 Å². The second kappa shape index (κ2) is 4.66. The van der Waals surface area contributed by atoms with E-state index in [2.05, 4.69) is 15.3 Å². The summed E-state index contributed by atoms with van der Waals surface area (Å²) in [5.41, 5.74) is -0.0806. The van der Waals surface area contributed by atoms with Gasteiger partial charge in [-0.3, -0.25) is 9.59 Å². The van der Waals surface area contributed by atoms with Crippen LogP contribution in [0.5, 0.6) is 0 Å². The van der Waals surface area contributed by atoms with Crippen molar-refractivity contribution in [1.82, 2.24) is 15.3 Å². The number of rotatable bonds is 3. The van der Waals surface area contributed by atoms with Gasteiger partial charge in [0.2, 0.25) is 0 Å². The maximum atomic E-state index is 12.3. The van der Waals surface area contributed by atoms with E-state index in [0.29, 0.717) is 17.7 Å². The molecular weight excluding hydrogens is 270 g/mol. The Balaban J connectivity index is 1.51. The minimum Gasteiger partial charge on any atom is -0.393 e. The number of aliphatic hydroxyl groups is 1. The Labute approximate surface area is 122 Å². The number of aromatic nitrogens is 2. The van der Waals surface area contributed by atoms with Crippen molar-refractivity contribution < 1.29 is 9.90 Å². The molecule has 0 radical (unpaired) electrons. The molecule has 2 bridgehead atoms. The molecule has 3 N–H and O–H groups in total. The summed E-state index contributed by atoms with van der Waals surface area (Å²) >= 11 is 0. The number of aromatic amines is 1. The van der Waals surface area contributed by atoms with Crippen LogP contribution in [0.2, 0.25) is 0 Å². The molecule has 0 saturated heterocycles. The number of amides is 1. The van der Waals surface area contributed by atoms with Gasteiger partial charge < -0.3 is 15.4 Å². The monoisotopic (exact) mass is 289 g/mol. The summed E-state index contributed by atoms with van der Waals surface area (Å²) in [4.78, 5) is 31.0. The zero-order valence-corrected chi connectivity index (χ0v) is 11.7. The normalized spacial score (nSPS) is 34.1. The third-order valence-electron chi connectivity index (χ3n) is 5.05. The van der Waals surface area contributed by atoms with E-state index < -0.39 is 0 Å². The lowest BCUT2D eigenvalue weighted by Crippen LogP contribution is -2.43. The second-order valence-corrected chi connectivity index (χ2v) is 6.67. The van der Waals surface area contributed by atoms with Gasteiger partial charge in [0.05, 0.1) is 6.10 Å². The second-order valence-electron chi connectivity index (χ2n) is 6.67. The smallest absolute Gasteiger partial charge is 0.270 e. The number of nitrogens with one attached hydrogen (secondary N) is 2. The molecule has 1 heterocycles. The van der Waals surface area contributed by atoms with E-state index in [0.717, 1.165) is 32.1 Å². The van der Waals surface area contributed by atoms with Crippen molar-refractivity contribution in [3.8, 4) is 0 Å². The first-order valence-electron chi connectivity index (χ1n) is 7.70. The molecule has 0 aromatic carbocycles. The highest BCUT2D eigenvalue weighted by molar-refractivity contribution is 5.92. The number of H-pyrrole nitrogens is 1. The summed E-state index contributed by atoms with van der Waals surface area (Å²) in [5.74, 6) is 1.30. The van der Waals surface area contributed by atoms with Crippen LogP contribution in [-0.2, 0) is 0 Å². The Morgan fingerprint density at radius 1 is 1.33 bits per heavy atom. The predicted octanol–water partition coefficient (Wildman–Crippen LogP) is 0.536. The van der Waals surface area contributed by atoms with Crippen molar-refractivity contribution in [2.75, 3.05) is 0 Å². The highest BCUT2D eigenvalue weighted by Gasteiger charge is 2.46. The minimum atomic E-state index is -0.303. The van der Waals surface area contributed by atoms with Gasteiger partial charge in [-0.2, -0.15) is 0 Å². The van der Waals surface area contributed by atoms with Crippen molar-refractivity contribution >= 4 is 5.91 Å². The maximum Gasteiger partial charge on any atom is 0.270 e. The molecule has 21 heavy (non-hydrogen) atoms. The molecule has 6 heteroatoms. The molecule has 0 aliphatic heterocycles. The number of nitrogens with zero attached hydrogens (tertiary/aromatic N) is 1. The van der Waals surface area contributed by atoms with Crippen molar-refractivity contribution in [2.24, 2.45) is 11.8 Å². The SMILES string of the molecule is O=C(N[C@H]1C[C@@H]2C[C@H]1[C@H](O)C2)c1cc(=O)[nH]c(C2CC2)n1. The number of carbonyl (C=O) groups is 1. The van der Waals surface area contributed by atoms with Gasteiger partial charge in [-0.05, 0) is 38.0 Å². The number of aliphatic hydroxyl groups excluding tert-OH is 1. The lowest BCUT2D eigenvalue weighted by molar-refractivity contribution is 0.0774. The van der Waals surface area contributed by atoms with E-state index in [1.54, 1.807) is 0 Å². The Morgan fingerprint density at radius 2 is 2.14 bits per heavy atom. The predicted molar refractivity (Wildman–Crippen MR) is 74.9 cm³/mol. The summed E-state index contributed by atoms with van der Waals surface area (Å²) < 4.78 is 0. The average molecular weight is 289 g/mol. The van der Waals surface area contributed by atoms with Crippen LogP contribution >= 0.6 is 0 Å². The largest absolute Gasteiger partial charge is 0.393 e. The number of hydrogen-bond acceptors (Lipinski definition) is 4. The fourth-order valence-corrected chi connectivity index (χ4v) is 3.86. The summed E-state index contributed by atoms with van der Waals surface area (Å²) in [7, 11) is 0. The Morgan fingerprint density at radius 3 is 2.81 bits per heavy atom. The molecule has 112 valence electrons. The van der Waals surface area contributed by atoms with Crippen LogP contribution in [0.25, 0.3) is 0 Å². The highest BCUT2D eigenvalue weighted by atomic mass is 16.3. The van der Waals surface area contributed by atoms with Gasteiger partial charge >= 0.3 is 0 Å². The quantitative estimate of drug-likeness (QED) is 0.756. The Bertz CT molecular complexity index is 637. The first-order chi connectivity index (χ1) is 10.1. The summed E-state index contributed by atoms with van der Waals surface area (Å²) in [5, 5.41) is 12.9. The molecule has 3 saturated carbocycles. The van der Waals surface area contributed by atoms with Crippen LogP contribution in [0, 0.1) is 11.8 Å². The molecular formula is C15H19N3O3. The van der Waals surface area contributed by atoms with E-state index in [4.69, 9.17) is 0 Å². The lowest BCUT2D eigenvalue weighted by atomic mass is 9.92. The van der Waals surface area contributed by atoms with Crippen molar-refractivity contribution in [2.45, 2.75) is 50.2 Å². The molecule has 6 nitrogen and oxygen atoms in total. The molecule has 3 aliphatic rings. The van der Waals surface area contributed by atoms with E-state index in [9.17, 15) is 14.7 Å². The fraction of sp³-hybridized carbons (Fsp3) is 0.667. The first kappa shape index (κ1) is 13.0. The molecule has 4 rings (SSSR count). The van der Waals surface area contributed by atoms with Gasteiger partial charge in [0.15, 0.2) is 0 Å². The first-order valence-corrected chi connectivity index (χ1v) is 7.70. The average Bonchev–Trinajstić information content (AvgIpc) is 3.13. The van der Waals surface area contributed by atoms with Gasteiger partial charge in [-0.15, -0.1) is 0 Å². The molecule has 0 unspecified atom stereocenters. The van der Waals surface area contributed by atoms with Gasteiger partial charge in [-0.1, -0.05) is 0 Å². The summed E-state index contributed by atoms with van der Waals surface area (Å²) in [6.07, 6.45) is 4.50. The zero-order valence-electron chi connectivity index (χ0n) is 11.7. The molecule has 0 spiro atoms. The number of fused-ring (bicyclic) bond motifs is 2. The van der Waals surface area contributed by atoms with Crippen molar-refractivity contribution in [3.63, 3.8) is 0 Å². The van der Waals surface area contributed by atoms with Crippen molar-refractivity contribution in [3.05, 3.63) is 27.9 Å². The minimum absolute atomic E-state index is 0.0108. The number of carbonyl (C=O) groups excluding carboxylic acids is 1. The Kier molecular flexibility index (Phi) is 2.89. The van der Waals surface area contributed by atoms with E-state index in [-0.39, 0.29) is 35.2 Å². The third kappa shape index (κ3) is 2.37. The van der Waals surface area contributed by atoms with Crippen LogP contribution < -0.4 is 10.9 Å². The standard InChI is InChI=1S/C15H19N3O3/c19-12-5-7-3-9(12)10(4-7)17-15(21)11-6-13(20)18-14(16-11)8-1-2-8/h6-10,12,19H,1-5H2,(H,17,21)(H,16,18,20)/t7-,9+,10-,12+/m0/s1. The summed E-state index contributed by atoms with van der Waals surface area (Å²) in [6.45, 7) is 0. The molecule has 4 atom stereocenters. The topological polar surface area (TPSA) is 95.1 Å². The zero-order chi connectivity index (χ0) is 14.6.